The summed E-state index contributed by atoms with van der Waals surface area (Å²) in [4.78, 5) is 30.8. The van der Waals surface area contributed by atoms with Crippen molar-refractivity contribution in [1.29, 1.82) is 0 Å². The molecule has 1 unspecified atom stereocenters. The van der Waals surface area contributed by atoms with Gasteiger partial charge in [-0.25, -0.2) is 0 Å². The van der Waals surface area contributed by atoms with Crippen molar-refractivity contribution < 1.29 is 22.8 Å². The highest BCUT2D eigenvalue weighted by Gasteiger charge is 2.43. The van der Waals surface area contributed by atoms with Crippen molar-refractivity contribution >= 4 is 17.5 Å². The summed E-state index contributed by atoms with van der Waals surface area (Å²) in [5.41, 5.74) is 0.200. The monoisotopic (exact) mass is 431 g/mol. The zero-order chi connectivity index (χ0) is 22.0. The van der Waals surface area contributed by atoms with Crippen molar-refractivity contribution in [2.75, 3.05) is 44.2 Å². The lowest BCUT2D eigenvalue weighted by atomic mass is 9.92. The lowest BCUT2D eigenvalue weighted by Gasteiger charge is -2.36. The van der Waals surface area contributed by atoms with Gasteiger partial charge in [0.15, 0.2) is 0 Å². The number of benzene rings is 2. The Morgan fingerprint density at radius 2 is 1.48 bits per heavy atom. The Kier molecular flexibility index (Phi) is 6.00. The summed E-state index contributed by atoms with van der Waals surface area (Å²) in [6.45, 7) is 4.00. The Labute approximate surface area is 179 Å². The summed E-state index contributed by atoms with van der Waals surface area (Å²) < 4.78 is 40.0. The highest BCUT2D eigenvalue weighted by atomic mass is 19.4. The van der Waals surface area contributed by atoms with Crippen LogP contribution in [-0.2, 0) is 15.8 Å². The summed E-state index contributed by atoms with van der Waals surface area (Å²) in [5, 5.41) is 0. The molecule has 2 aromatic carbocycles. The minimum Gasteiger partial charge on any atom is -0.369 e. The molecule has 0 saturated carbocycles. The van der Waals surface area contributed by atoms with Crippen LogP contribution in [0.2, 0.25) is 0 Å². The predicted molar refractivity (Wildman–Crippen MR) is 111 cm³/mol. The number of carbonyl (C=O) groups excluding carboxylic acids is 2. The number of rotatable bonds is 5. The average molecular weight is 431 g/mol. The first-order valence-corrected chi connectivity index (χ1v) is 10.4. The molecular weight excluding hydrogens is 407 g/mol. The minimum atomic E-state index is -4.56. The first kappa shape index (κ1) is 21.4. The van der Waals surface area contributed by atoms with Crippen LogP contribution in [0.3, 0.4) is 0 Å². The zero-order valence-electron chi connectivity index (χ0n) is 17.0. The number of carbonyl (C=O) groups is 2. The van der Waals surface area contributed by atoms with E-state index in [1.807, 2.05) is 18.2 Å². The van der Waals surface area contributed by atoms with Gasteiger partial charge in [0.1, 0.15) is 0 Å². The maximum absolute atomic E-state index is 13.3. The van der Waals surface area contributed by atoms with Gasteiger partial charge in [0.05, 0.1) is 11.5 Å². The molecule has 8 heteroatoms. The number of piperazine rings is 1. The third-order valence-electron chi connectivity index (χ3n) is 6.02. The molecule has 0 aromatic heterocycles. The van der Waals surface area contributed by atoms with Gasteiger partial charge < -0.3 is 4.90 Å². The third kappa shape index (κ3) is 4.58. The molecule has 31 heavy (non-hydrogen) atoms. The van der Waals surface area contributed by atoms with Crippen molar-refractivity contribution in [2.45, 2.75) is 18.5 Å². The molecular formula is C23H24F3N3O2. The number of likely N-dealkylation sites (tertiary alicyclic amines) is 1. The van der Waals surface area contributed by atoms with E-state index in [1.165, 1.54) is 23.9 Å². The van der Waals surface area contributed by atoms with E-state index in [9.17, 15) is 22.8 Å². The molecule has 0 spiro atoms. The molecule has 2 fully saturated rings. The van der Waals surface area contributed by atoms with Crippen molar-refractivity contribution in [3.63, 3.8) is 0 Å². The van der Waals surface area contributed by atoms with Gasteiger partial charge in [-0.1, -0.05) is 36.4 Å². The summed E-state index contributed by atoms with van der Waals surface area (Å²) in [7, 11) is 0. The van der Waals surface area contributed by atoms with Crippen LogP contribution >= 0.6 is 0 Å². The molecule has 2 saturated heterocycles. The van der Waals surface area contributed by atoms with E-state index in [4.69, 9.17) is 0 Å². The number of nitrogens with zero attached hydrogens (tertiary/aromatic N) is 3. The Balaban J connectivity index is 1.36. The first-order chi connectivity index (χ1) is 14.8. The molecule has 2 aliphatic heterocycles. The van der Waals surface area contributed by atoms with Crippen LogP contribution in [0.5, 0.6) is 0 Å². The van der Waals surface area contributed by atoms with E-state index in [-0.39, 0.29) is 18.5 Å². The number of hydrogen-bond acceptors (Lipinski definition) is 4. The van der Waals surface area contributed by atoms with Gasteiger partial charge in [0.2, 0.25) is 11.8 Å². The van der Waals surface area contributed by atoms with Crippen molar-refractivity contribution in [3.8, 4) is 0 Å². The van der Waals surface area contributed by atoms with Crippen molar-refractivity contribution in [2.24, 2.45) is 0 Å². The Morgan fingerprint density at radius 3 is 2.16 bits per heavy atom. The maximum Gasteiger partial charge on any atom is 0.416 e. The van der Waals surface area contributed by atoms with Gasteiger partial charge in [-0.15, -0.1) is 0 Å². The molecule has 2 heterocycles. The van der Waals surface area contributed by atoms with E-state index in [0.717, 1.165) is 37.1 Å². The number of para-hydroxylation sites is 1. The van der Waals surface area contributed by atoms with Crippen LogP contribution in [0.15, 0.2) is 54.6 Å². The zero-order valence-corrected chi connectivity index (χ0v) is 17.0. The fraction of sp³-hybridized carbons (Fsp3) is 0.391. The summed E-state index contributed by atoms with van der Waals surface area (Å²) in [5.74, 6) is -2.01. The third-order valence-corrected chi connectivity index (χ3v) is 6.02. The molecule has 0 N–H and O–H groups in total. The predicted octanol–water partition coefficient (Wildman–Crippen LogP) is 3.37. The molecule has 4 rings (SSSR count). The smallest absolute Gasteiger partial charge is 0.369 e. The van der Waals surface area contributed by atoms with Crippen LogP contribution in [0.1, 0.15) is 23.5 Å². The topological polar surface area (TPSA) is 43.9 Å². The van der Waals surface area contributed by atoms with E-state index >= 15 is 0 Å². The van der Waals surface area contributed by atoms with E-state index < -0.39 is 29.5 Å². The van der Waals surface area contributed by atoms with E-state index in [2.05, 4.69) is 21.9 Å². The second-order valence-corrected chi connectivity index (χ2v) is 7.89. The van der Waals surface area contributed by atoms with Crippen LogP contribution < -0.4 is 4.90 Å². The quantitative estimate of drug-likeness (QED) is 0.681. The second kappa shape index (κ2) is 8.70. The molecule has 0 radical (unpaired) electrons. The molecule has 2 aliphatic rings. The molecule has 0 aliphatic carbocycles. The molecule has 164 valence electrons. The lowest BCUT2D eigenvalue weighted by Crippen LogP contribution is -2.49. The SMILES string of the molecule is O=C1CC(c2ccccc2C(F)(F)F)C(=O)N1CCN1CCN(c2ccccc2)CC1. The molecule has 0 bridgehead atoms. The average Bonchev–Trinajstić information content (AvgIpc) is 3.06. The Morgan fingerprint density at radius 1 is 0.839 bits per heavy atom. The van der Waals surface area contributed by atoms with Gasteiger partial charge >= 0.3 is 6.18 Å². The summed E-state index contributed by atoms with van der Waals surface area (Å²) >= 11 is 0. The molecule has 5 nitrogen and oxygen atoms in total. The number of hydrogen-bond donors (Lipinski definition) is 0. The minimum absolute atomic E-state index is 0.118. The highest BCUT2D eigenvalue weighted by Crippen LogP contribution is 2.39. The fourth-order valence-corrected chi connectivity index (χ4v) is 4.33. The Bertz CT molecular complexity index is 941. The van der Waals surface area contributed by atoms with Crippen LogP contribution in [0, 0.1) is 0 Å². The van der Waals surface area contributed by atoms with Gasteiger partial charge in [-0.05, 0) is 23.8 Å². The van der Waals surface area contributed by atoms with Gasteiger partial charge in [-0.2, -0.15) is 13.2 Å². The lowest BCUT2D eigenvalue weighted by molar-refractivity contribution is -0.139. The van der Waals surface area contributed by atoms with Crippen LogP contribution in [-0.4, -0.2) is 60.9 Å². The van der Waals surface area contributed by atoms with Crippen LogP contribution in [0.25, 0.3) is 0 Å². The largest absolute Gasteiger partial charge is 0.416 e. The van der Waals surface area contributed by atoms with E-state index in [0.29, 0.717) is 6.54 Å². The van der Waals surface area contributed by atoms with Crippen molar-refractivity contribution in [1.82, 2.24) is 9.80 Å². The summed E-state index contributed by atoms with van der Waals surface area (Å²) in [6.07, 6.45) is -4.78. The van der Waals surface area contributed by atoms with Crippen LogP contribution in [0.4, 0.5) is 18.9 Å². The first-order valence-electron chi connectivity index (χ1n) is 10.4. The number of imide groups is 1. The number of amides is 2. The highest BCUT2D eigenvalue weighted by molar-refractivity contribution is 6.06. The molecule has 1 atom stereocenters. The number of alkyl halides is 3. The maximum atomic E-state index is 13.3. The van der Waals surface area contributed by atoms with Gasteiger partial charge in [-0.3, -0.25) is 19.4 Å². The summed E-state index contributed by atoms with van der Waals surface area (Å²) in [6, 6.07) is 15.1. The molecule has 2 amide bonds. The number of anilines is 1. The van der Waals surface area contributed by atoms with Gasteiger partial charge in [0, 0.05) is 51.4 Å². The fourth-order valence-electron chi connectivity index (χ4n) is 4.33. The van der Waals surface area contributed by atoms with Gasteiger partial charge in [0.25, 0.3) is 0 Å². The van der Waals surface area contributed by atoms with Crippen molar-refractivity contribution in [3.05, 3.63) is 65.7 Å². The second-order valence-electron chi connectivity index (χ2n) is 7.89. The number of halogens is 3. The van der Waals surface area contributed by atoms with E-state index in [1.54, 1.807) is 0 Å². The molecule has 2 aromatic rings. The Hall–Kier alpha value is -2.87. The normalized spacial score (nSPS) is 20.5. The standard InChI is InChI=1S/C23H24F3N3O2/c24-23(25,26)20-9-5-4-8-18(20)19-16-21(30)29(22(19)31)15-12-27-10-13-28(14-11-27)17-6-2-1-3-7-17/h1-9,19H,10-16H2.